The van der Waals surface area contributed by atoms with Crippen LogP contribution < -0.4 is 10.1 Å². The summed E-state index contributed by atoms with van der Waals surface area (Å²) in [4.78, 5) is 11.4. The van der Waals surface area contributed by atoms with Crippen molar-refractivity contribution in [2.24, 2.45) is 0 Å². The van der Waals surface area contributed by atoms with Crippen LogP contribution in [0.15, 0.2) is 36.4 Å². The topological polar surface area (TPSA) is 67.8 Å². The average molecular weight is 430 g/mol. The number of aliphatic hydroxyl groups is 1. The van der Waals surface area contributed by atoms with Crippen LogP contribution in [0.3, 0.4) is 0 Å². The third-order valence-corrected chi connectivity index (χ3v) is 6.09. The third-order valence-electron chi connectivity index (χ3n) is 5.72. The molecule has 30 heavy (non-hydrogen) atoms. The van der Waals surface area contributed by atoms with E-state index in [-0.39, 0.29) is 12.0 Å². The van der Waals surface area contributed by atoms with Crippen LogP contribution in [0.25, 0.3) is 0 Å². The Morgan fingerprint density at radius 3 is 2.90 bits per heavy atom. The Morgan fingerprint density at radius 1 is 1.20 bits per heavy atom. The first-order valence-electron chi connectivity index (χ1n) is 10.6. The first kappa shape index (κ1) is 21.2. The lowest BCUT2D eigenvalue weighted by atomic mass is 9.94. The van der Waals surface area contributed by atoms with E-state index in [1.807, 2.05) is 12.1 Å². The molecular weight excluding hydrogens is 402 g/mol. The van der Waals surface area contributed by atoms with Crippen molar-refractivity contribution in [2.45, 2.75) is 63.9 Å². The Kier molecular flexibility index (Phi) is 6.61. The molecule has 1 fully saturated rings. The normalized spacial score (nSPS) is 23.8. The number of rotatable bonds is 4. The zero-order valence-corrected chi connectivity index (χ0v) is 18.0. The molecule has 160 valence electrons. The van der Waals surface area contributed by atoms with Crippen molar-refractivity contribution >= 4 is 17.5 Å². The van der Waals surface area contributed by atoms with Gasteiger partial charge in [0.1, 0.15) is 12.0 Å². The molecule has 5 nitrogen and oxygen atoms in total. The highest BCUT2D eigenvalue weighted by molar-refractivity contribution is 6.31. The van der Waals surface area contributed by atoms with Crippen LogP contribution in [0.2, 0.25) is 5.02 Å². The van der Waals surface area contributed by atoms with Crippen LogP contribution in [0.5, 0.6) is 5.75 Å². The van der Waals surface area contributed by atoms with Crippen molar-refractivity contribution in [3.05, 3.63) is 63.7 Å². The fraction of sp³-hybridized carbons (Fsp3) is 0.458. The molecule has 2 aliphatic heterocycles. The number of nitrogens with one attached hydrogen (secondary N) is 1. The van der Waals surface area contributed by atoms with Gasteiger partial charge in [0, 0.05) is 24.8 Å². The summed E-state index contributed by atoms with van der Waals surface area (Å²) in [7, 11) is 0. The molecule has 2 heterocycles. The summed E-state index contributed by atoms with van der Waals surface area (Å²) in [6.45, 7) is 2.23. The quantitative estimate of drug-likeness (QED) is 0.759. The van der Waals surface area contributed by atoms with Crippen molar-refractivity contribution in [3.8, 4) is 5.75 Å². The summed E-state index contributed by atoms with van der Waals surface area (Å²) in [6.07, 6.45) is 3.57. The van der Waals surface area contributed by atoms with Crippen LogP contribution in [0.1, 0.15) is 61.0 Å². The fourth-order valence-electron chi connectivity index (χ4n) is 4.26. The molecule has 0 bridgehead atoms. The Bertz CT molecular complexity index is 916. The highest BCUT2D eigenvalue weighted by Crippen LogP contribution is 2.34. The second-order valence-corrected chi connectivity index (χ2v) is 8.62. The summed E-state index contributed by atoms with van der Waals surface area (Å²) >= 11 is 6.51. The second-order valence-electron chi connectivity index (χ2n) is 8.21. The molecule has 1 saturated heterocycles. The summed E-state index contributed by atoms with van der Waals surface area (Å²) in [5.41, 5.74) is 4.43. The van der Waals surface area contributed by atoms with E-state index in [0.29, 0.717) is 24.3 Å². The number of ether oxygens (including phenoxy) is 2. The molecule has 1 amide bonds. The fourth-order valence-corrected chi connectivity index (χ4v) is 4.45. The van der Waals surface area contributed by atoms with Crippen LogP contribution in [0.4, 0.5) is 0 Å². The number of hydrogen-bond acceptors (Lipinski definition) is 4. The van der Waals surface area contributed by atoms with Gasteiger partial charge in [-0.15, -0.1) is 0 Å². The summed E-state index contributed by atoms with van der Waals surface area (Å²) < 4.78 is 11.9. The molecule has 0 spiro atoms. The van der Waals surface area contributed by atoms with Gasteiger partial charge in [0.15, 0.2) is 0 Å². The van der Waals surface area contributed by atoms with Gasteiger partial charge >= 0.3 is 0 Å². The maximum Gasteiger partial charge on any atom is 0.218 e. The number of carbonyl (C=O) groups excluding carboxylic acids is 1. The SMILES string of the molecule is CC(=O)NC1CC(O)CC(c2ccc(Cl)c(Cc3ccc4c(c3)CCCCO4)c2)O1. The first-order valence-corrected chi connectivity index (χ1v) is 11.0. The third kappa shape index (κ3) is 5.15. The van der Waals surface area contributed by atoms with E-state index in [0.717, 1.165) is 42.7 Å². The smallest absolute Gasteiger partial charge is 0.218 e. The predicted molar refractivity (Wildman–Crippen MR) is 116 cm³/mol. The van der Waals surface area contributed by atoms with Crippen molar-refractivity contribution < 1.29 is 19.4 Å². The number of amides is 1. The van der Waals surface area contributed by atoms with Gasteiger partial charge in [-0.25, -0.2) is 0 Å². The maximum absolute atomic E-state index is 11.4. The molecule has 4 rings (SSSR count). The first-order chi connectivity index (χ1) is 14.5. The lowest BCUT2D eigenvalue weighted by molar-refractivity contribution is -0.136. The zero-order valence-electron chi connectivity index (χ0n) is 17.2. The maximum atomic E-state index is 11.4. The van der Waals surface area contributed by atoms with Crippen molar-refractivity contribution in [2.75, 3.05) is 6.61 Å². The van der Waals surface area contributed by atoms with E-state index in [4.69, 9.17) is 21.1 Å². The lowest BCUT2D eigenvalue weighted by Crippen LogP contribution is -2.42. The Hall–Kier alpha value is -2.08. The highest BCUT2D eigenvalue weighted by Gasteiger charge is 2.30. The van der Waals surface area contributed by atoms with E-state index in [2.05, 4.69) is 29.6 Å². The minimum Gasteiger partial charge on any atom is -0.493 e. The molecule has 0 aromatic heterocycles. The molecule has 2 aromatic carbocycles. The van der Waals surface area contributed by atoms with Gasteiger partial charge in [0.25, 0.3) is 0 Å². The minimum atomic E-state index is -0.524. The van der Waals surface area contributed by atoms with E-state index < -0.39 is 12.3 Å². The molecule has 0 aliphatic carbocycles. The number of carbonyl (C=O) groups is 1. The van der Waals surface area contributed by atoms with Gasteiger partial charge in [0.2, 0.25) is 5.91 Å². The summed E-state index contributed by atoms with van der Waals surface area (Å²) in [5, 5.41) is 13.7. The number of hydrogen-bond donors (Lipinski definition) is 2. The molecule has 3 unspecified atom stereocenters. The Balaban J connectivity index is 1.53. The standard InChI is InChI=1S/C24H28ClNO4/c1-15(27)26-24-14-20(28)13-23(30-24)18-6-7-21(25)19(12-18)11-16-5-8-22-17(10-16)4-2-3-9-29-22/h5-8,10,12,20,23-24,28H,2-4,9,11,13-14H2,1H3,(H,26,27). The van der Waals surface area contributed by atoms with Gasteiger partial charge < -0.3 is 19.9 Å². The minimum absolute atomic E-state index is 0.170. The molecular formula is C24H28ClNO4. The number of halogens is 1. The number of fused-ring (bicyclic) bond motifs is 1. The Labute approximate surface area is 182 Å². The van der Waals surface area contributed by atoms with E-state index >= 15 is 0 Å². The second kappa shape index (κ2) is 9.38. The summed E-state index contributed by atoms with van der Waals surface area (Å²) in [6, 6.07) is 12.3. The van der Waals surface area contributed by atoms with Gasteiger partial charge in [0.05, 0.1) is 18.8 Å². The van der Waals surface area contributed by atoms with Crippen LogP contribution in [-0.4, -0.2) is 30.0 Å². The number of aliphatic hydroxyl groups excluding tert-OH is 1. The van der Waals surface area contributed by atoms with Gasteiger partial charge in [-0.2, -0.15) is 0 Å². The van der Waals surface area contributed by atoms with Gasteiger partial charge in [-0.05, 0) is 60.1 Å². The predicted octanol–water partition coefficient (Wildman–Crippen LogP) is 4.32. The largest absolute Gasteiger partial charge is 0.493 e. The highest BCUT2D eigenvalue weighted by atomic mass is 35.5. The van der Waals surface area contributed by atoms with Crippen LogP contribution >= 0.6 is 11.6 Å². The Morgan fingerprint density at radius 2 is 2.07 bits per heavy atom. The van der Waals surface area contributed by atoms with Gasteiger partial charge in [-0.3, -0.25) is 4.79 Å². The lowest BCUT2D eigenvalue weighted by Gasteiger charge is -2.33. The van der Waals surface area contributed by atoms with Crippen molar-refractivity contribution in [1.29, 1.82) is 0 Å². The van der Waals surface area contributed by atoms with E-state index in [9.17, 15) is 9.90 Å². The van der Waals surface area contributed by atoms with Crippen LogP contribution in [0, 0.1) is 0 Å². The van der Waals surface area contributed by atoms with Crippen LogP contribution in [-0.2, 0) is 22.4 Å². The zero-order chi connectivity index (χ0) is 21.1. The van der Waals surface area contributed by atoms with E-state index in [1.54, 1.807) is 0 Å². The molecule has 0 radical (unpaired) electrons. The molecule has 2 aromatic rings. The summed E-state index contributed by atoms with van der Waals surface area (Å²) in [5.74, 6) is 0.821. The van der Waals surface area contributed by atoms with Gasteiger partial charge in [-0.1, -0.05) is 35.9 Å². The van der Waals surface area contributed by atoms with Crippen molar-refractivity contribution in [1.82, 2.24) is 5.32 Å². The number of benzene rings is 2. The molecule has 0 saturated carbocycles. The average Bonchev–Trinajstić information content (AvgIpc) is 2.93. The molecule has 2 N–H and O–H groups in total. The van der Waals surface area contributed by atoms with Crippen molar-refractivity contribution in [3.63, 3.8) is 0 Å². The monoisotopic (exact) mass is 429 g/mol. The molecule has 2 aliphatic rings. The number of aryl methyl sites for hydroxylation is 1. The van der Waals surface area contributed by atoms with E-state index in [1.165, 1.54) is 18.1 Å². The molecule has 6 heteroatoms. The molecule has 3 atom stereocenters.